The minimum Gasteiger partial charge on any atom is -0.465 e. The molecule has 74 valence electrons. The van der Waals surface area contributed by atoms with E-state index in [0.717, 1.165) is 0 Å². The summed E-state index contributed by atoms with van der Waals surface area (Å²) < 4.78 is 0. The molecule has 1 heterocycles. The highest BCUT2D eigenvalue weighted by atomic mass is 32.2. The van der Waals surface area contributed by atoms with Crippen molar-refractivity contribution < 1.29 is 9.90 Å². The number of anilines is 1. The molecule has 1 fully saturated rings. The number of amides is 1. The number of carboxylic acid groups (broad SMARTS) is 1. The second kappa shape index (κ2) is 3.92. The Bertz CT molecular complexity index is 332. The van der Waals surface area contributed by atoms with Crippen LogP contribution in [0, 0.1) is 0 Å². The van der Waals surface area contributed by atoms with E-state index in [1.807, 2.05) is 36.0 Å². The van der Waals surface area contributed by atoms with Crippen LogP contribution in [-0.2, 0) is 0 Å². The standard InChI is InChI=1S/C10H11NO2S/c12-10(13)11-9-3-1-7(2-4-9)8-5-14-6-8/h1-4,8,11H,5-6H2,(H,12,13). The van der Waals surface area contributed by atoms with E-state index in [1.54, 1.807) is 0 Å². The van der Waals surface area contributed by atoms with E-state index in [0.29, 0.717) is 11.6 Å². The van der Waals surface area contributed by atoms with Crippen molar-refractivity contribution in [1.82, 2.24) is 0 Å². The highest BCUT2D eigenvalue weighted by molar-refractivity contribution is 8.00. The Balaban J connectivity index is 2.05. The van der Waals surface area contributed by atoms with Gasteiger partial charge in [0.05, 0.1) is 0 Å². The van der Waals surface area contributed by atoms with Gasteiger partial charge in [0.15, 0.2) is 0 Å². The highest BCUT2D eigenvalue weighted by Crippen LogP contribution is 2.34. The first kappa shape index (κ1) is 9.40. The van der Waals surface area contributed by atoms with Crippen LogP contribution in [0.2, 0.25) is 0 Å². The van der Waals surface area contributed by atoms with Crippen molar-refractivity contribution in [1.29, 1.82) is 0 Å². The van der Waals surface area contributed by atoms with E-state index in [2.05, 4.69) is 5.32 Å². The second-order valence-electron chi connectivity index (χ2n) is 3.29. The van der Waals surface area contributed by atoms with E-state index in [1.165, 1.54) is 17.1 Å². The van der Waals surface area contributed by atoms with Gasteiger partial charge in [-0.05, 0) is 17.7 Å². The normalized spacial score (nSPS) is 16.0. The zero-order chi connectivity index (χ0) is 9.97. The lowest BCUT2D eigenvalue weighted by molar-refractivity contribution is 0.210. The summed E-state index contributed by atoms with van der Waals surface area (Å²) in [5.41, 5.74) is 1.94. The first-order valence-corrected chi connectivity index (χ1v) is 5.59. The molecule has 14 heavy (non-hydrogen) atoms. The first-order chi connectivity index (χ1) is 6.75. The van der Waals surface area contributed by atoms with Crippen LogP contribution in [0.25, 0.3) is 0 Å². The summed E-state index contributed by atoms with van der Waals surface area (Å²) >= 11 is 1.95. The molecule has 2 rings (SSSR count). The predicted molar refractivity (Wildman–Crippen MR) is 58.2 cm³/mol. The molecular formula is C10H11NO2S. The van der Waals surface area contributed by atoms with Crippen LogP contribution < -0.4 is 5.32 Å². The molecule has 0 bridgehead atoms. The molecule has 0 aliphatic carbocycles. The lowest BCUT2D eigenvalue weighted by Gasteiger charge is -2.25. The largest absolute Gasteiger partial charge is 0.465 e. The van der Waals surface area contributed by atoms with Crippen molar-refractivity contribution in [3.05, 3.63) is 29.8 Å². The summed E-state index contributed by atoms with van der Waals surface area (Å²) in [5.74, 6) is 3.04. The first-order valence-electron chi connectivity index (χ1n) is 4.43. The maximum absolute atomic E-state index is 10.3. The topological polar surface area (TPSA) is 49.3 Å². The van der Waals surface area contributed by atoms with Crippen molar-refractivity contribution in [2.45, 2.75) is 5.92 Å². The van der Waals surface area contributed by atoms with Crippen molar-refractivity contribution in [3.63, 3.8) is 0 Å². The van der Waals surface area contributed by atoms with E-state index in [-0.39, 0.29) is 0 Å². The molecule has 1 aromatic rings. The molecule has 1 aliphatic rings. The molecule has 1 saturated heterocycles. The van der Waals surface area contributed by atoms with Crippen molar-refractivity contribution in [3.8, 4) is 0 Å². The molecule has 0 aromatic heterocycles. The fraction of sp³-hybridized carbons (Fsp3) is 0.300. The Hall–Kier alpha value is -1.16. The summed E-state index contributed by atoms with van der Waals surface area (Å²) in [7, 11) is 0. The number of benzene rings is 1. The van der Waals surface area contributed by atoms with E-state index in [4.69, 9.17) is 5.11 Å². The van der Waals surface area contributed by atoms with Crippen LogP contribution in [0.4, 0.5) is 10.5 Å². The van der Waals surface area contributed by atoms with Gasteiger partial charge in [-0.2, -0.15) is 11.8 Å². The zero-order valence-corrected chi connectivity index (χ0v) is 8.38. The number of rotatable bonds is 2. The van der Waals surface area contributed by atoms with Crippen molar-refractivity contribution >= 4 is 23.5 Å². The van der Waals surface area contributed by atoms with E-state index < -0.39 is 6.09 Å². The average Bonchev–Trinajstić information content (AvgIpc) is 2.04. The number of thioether (sulfide) groups is 1. The number of nitrogens with one attached hydrogen (secondary N) is 1. The molecule has 1 amide bonds. The fourth-order valence-corrected chi connectivity index (χ4v) is 2.25. The van der Waals surface area contributed by atoms with Gasteiger partial charge in [-0.25, -0.2) is 4.79 Å². The highest BCUT2D eigenvalue weighted by Gasteiger charge is 2.19. The number of carbonyl (C=O) groups is 1. The van der Waals surface area contributed by atoms with Gasteiger partial charge in [0, 0.05) is 23.1 Å². The van der Waals surface area contributed by atoms with E-state index >= 15 is 0 Å². The third-order valence-corrected chi connectivity index (χ3v) is 3.55. The lowest BCUT2D eigenvalue weighted by Crippen LogP contribution is -2.15. The molecule has 3 nitrogen and oxygen atoms in total. The van der Waals surface area contributed by atoms with E-state index in [9.17, 15) is 4.79 Å². The third-order valence-electron chi connectivity index (χ3n) is 2.27. The monoisotopic (exact) mass is 209 g/mol. The van der Waals surface area contributed by atoms with Crippen LogP contribution >= 0.6 is 11.8 Å². The summed E-state index contributed by atoms with van der Waals surface area (Å²) in [5, 5.41) is 10.8. The van der Waals surface area contributed by atoms with Gasteiger partial charge < -0.3 is 5.11 Å². The third kappa shape index (κ3) is 2.01. The van der Waals surface area contributed by atoms with Crippen molar-refractivity contribution in [2.24, 2.45) is 0 Å². The summed E-state index contributed by atoms with van der Waals surface area (Å²) in [6.45, 7) is 0. The van der Waals surface area contributed by atoms with Crippen LogP contribution in [0.3, 0.4) is 0 Å². The molecule has 4 heteroatoms. The van der Waals surface area contributed by atoms with Crippen LogP contribution in [0.15, 0.2) is 24.3 Å². The SMILES string of the molecule is O=C(O)Nc1ccc(C2CSC2)cc1. The van der Waals surface area contributed by atoms with Gasteiger partial charge >= 0.3 is 6.09 Å². The van der Waals surface area contributed by atoms with Gasteiger partial charge in [-0.15, -0.1) is 0 Å². The fourth-order valence-electron chi connectivity index (χ4n) is 1.39. The zero-order valence-electron chi connectivity index (χ0n) is 7.56. The molecule has 0 atom stereocenters. The van der Waals surface area contributed by atoms with Crippen LogP contribution in [0.1, 0.15) is 11.5 Å². The Kier molecular flexibility index (Phi) is 2.63. The summed E-state index contributed by atoms with van der Waals surface area (Å²) in [6.07, 6.45) is -1.02. The second-order valence-corrected chi connectivity index (χ2v) is 4.36. The van der Waals surface area contributed by atoms with Crippen molar-refractivity contribution in [2.75, 3.05) is 16.8 Å². The Morgan fingerprint density at radius 2 is 2.00 bits per heavy atom. The minimum absolute atomic E-state index is 0.633. The number of hydrogen-bond donors (Lipinski definition) is 2. The summed E-state index contributed by atoms with van der Waals surface area (Å²) in [4.78, 5) is 10.3. The van der Waals surface area contributed by atoms with Crippen LogP contribution in [0.5, 0.6) is 0 Å². The Morgan fingerprint density at radius 3 is 2.43 bits per heavy atom. The maximum atomic E-state index is 10.3. The van der Waals surface area contributed by atoms with Gasteiger partial charge in [-0.3, -0.25) is 5.32 Å². The van der Waals surface area contributed by atoms with Gasteiger partial charge in [0.2, 0.25) is 0 Å². The molecule has 2 N–H and O–H groups in total. The quantitative estimate of drug-likeness (QED) is 0.787. The minimum atomic E-state index is -1.02. The maximum Gasteiger partial charge on any atom is 0.409 e. The Labute approximate surface area is 86.5 Å². The Morgan fingerprint density at radius 1 is 1.36 bits per heavy atom. The van der Waals surface area contributed by atoms with Gasteiger partial charge in [-0.1, -0.05) is 12.1 Å². The van der Waals surface area contributed by atoms with Gasteiger partial charge in [0.1, 0.15) is 0 Å². The molecule has 0 spiro atoms. The predicted octanol–water partition coefficient (Wildman–Crippen LogP) is 2.61. The molecule has 0 radical (unpaired) electrons. The molecule has 0 saturated carbocycles. The molecular weight excluding hydrogens is 198 g/mol. The molecule has 0 unspecified atom stereocenters. The molecule has 1 aromatic carbocycles. The van der Waals surface area contributed by atoms with Gasteiger partial charge in [0.25, 0.3) is 0 Å². The van der Waals surface area contributed by atoms with Crippen LogP contribution in [-0.4, -0.2) is 22.7 Å². The summed E-state index contributed by atoms with van der Waals surface area (Å²) in [6, 6.07) is 7.62. The smallest absolute Gasteiger partial charge is 0.409 e. The molecule has 1 aliphatic heterocycles. The number of hydrogen-bond acceptors (Lipinski definition) is 2. The lowest BCUT2D eigenvalue weighted by atomic mass is 10.0. The average molecular weight is 209 g/mol.